The summed E-state index contributed by atoms with van der Waals surface area (Å²) in [4.78, 5) is 5.44. The molecule has 0 aromatic carbocycles. The van der Waals surface area contributed by atoms with Crippen LogP contribution < -0.4 is 5.73 Å². The number of aliphatic hydroxyl groups excluding tert-OH is 1. The Morgan fingerprint density at radius 1 is 1.35 bits per heavy atom. The lowest BCUT2D eigenvalue weighted by molar-refractivity contribution is 0.180. The lowest BCUT2D eigenvalue weighted by Crippen LogP contribution is -2.40. The first-order chi connectivity index (χ1) is 8.17. The van der Waals surface area contributed by atoms with Crippen LogP contribution in [0.4, 0.5) is 0 Å². The van der Waals surface area contributed by atoms with E-state index in [-0.39, 0.29) is 6.61 Å². The zero-order valence-electron chi connectivity index (χ0n) is 10.8. The van der Waals surface area contributed by atoms with Gasteiger partial charge in [-0.05, 0) is 25.9 Å². The number of thiocarbonyl (C=S) groups is 1. The molecule has 1 atom stereocenters. The van der Waals surface area contributed by atoms with Crippen LogP contribution in [0.5, 0.6) is 0 Å². The van der Waals surface area contributed by atoms with Crippen LogP contribution in [0.3, 0.4) is 0 Å². The van der Waals surface area contributed by atoms with Crippen LogP contribution in [0.15, 0.2) is 0 Å². The highest BCUT2D eigenvalue weighted by Gasteiger charge is 2.21. The van der Waals surface area contributed by atoms with Crippen LogP contribution in [0.2, 0.25) is 0 Å². The average Bonchev–Trinajstić information content (AvgIpc) is 2.52. The van der Waals surface area contributed by atoms with E-state index in [1.807, 2.05) is 0 Å². The maximum absolute atomic E-state index is 8.96. The van der Waals surface area contributed by atoms with Crippen molar-refractivity contribution in [1.82, 2.24) is 9.80 Å². The van der Waals surface area contributed by atoms with Crippen molar-refractivity contribution >= 4 is 17.2 Å². The van der Waals surface area contributed by atoms with Gasteiger partial charge < -0.3 is 10.8 Å². The van der Waals surface area contributed by atoms with Gasteiger partial charge in [-0.2, -0.15) is 0 Å². The van der Waals surface area contributed by atoms with Crippen molar-refractivity contribution in [1.29, 1.82) is 0 Å². The fraction of sp³-hybridized carbons (Fsp3) is 0.917. The quantitative estimate of drug-likeness (QED) is 0.678. The van der Waals surface area contributed by atoms with E-state index < -0.39 is 0 Å². The lowest BCUT2D eigenvalue weighted by Gasteiger charge is -2.29. The Kier molecular flexibility index (Phi) is 6.96. The summed E-state index contributed by atoms with van der Waals surface area (Å²) in [5.41, 5.74) is 5.65. The summed E-state index contributed by atoms with van der Waals surface area (Å²) in [6.07, 6.45) is 3.08. The fourth-order valence-electron chi connectivity index (χ4n) is 2.48. The highest BCUT2D eigenvalue weighted by molar-refractivity contribution is 7.80. The van der Waals surface area contributed by atoms with E-state index in [0.29, 0.717) is 11.0 Å². The van der Waals surface area contributed by atoms with Crippen LogP contribution in [0, 0.1) is 0 Å². The van der Waals surface area contributed by atoms with Gasteiger partial charge in [-0.3, -0.25) is 9.80 Å². The molecule has 1 fully saturated rings. The largest absolute Gasteiger partial charge is 0.395 e. The third kappa shape index (κ3) is 5.29. The molecule has 1 aliphatic rings. The van der Waals surface area contributed by atoms with Gasteiger partial charge in [0.1, 0.15) is 0 Å². The number of hydrogen-bond donors (Lipinski definition) is 2. The maximum Gasteiger partial charge on any atom is 0.0743 e. The van der Waals surface area contributed by atoms with Crippen molar-refractivity contribution in [2.75, 3.05) is 39.3 Å². The number of hydrogen-bond acceptors (Lipinski definition) is 4. The molecule has 100 valence electrons. The summed E-state index contributed by atoms with van der Waals surface area (Å²) < 4.78 is 0. The zero-order valence-corrected chi connectivity index (χ0v) is 11.6. The Labute approximate surface area is 110 Å². The summed E-state index contributed by atoms with van der Waals surface area (Å²) in [6.45, 7) is 7.53. The van der Waals surface area contributed by atoms with Crippen molar-refractivity contribution in [2.24, 2.45) is 5.73 Å². The molecule has 1 unspecified atom stereocenters. The van der Waals surface area contributed by atoms with Crippen LogP contribution >= 0.6 is 12.2 Å². The smallest absolute Gasteiger partial charge is 0.0743 e. The van der Waals surface area contributed by atoms with Crippen LogP contribution in [0.25, 0.3) is 0 Å². The van der Waals surface area contributed by atoms with Crippen molar-refractivity contribution in [3.8, 4) is 0 Å². The predicted octanol–water partition coefficient (Wildman–Crippen LogP) is 0.441. The summed E-state index contributed by atoms with van der Waals surface area (Å²) in [5, 5.41) is 8.96. The molecule has 3 N–H and O–H groups in total. The second kappa shape index (κ2) is 7.97. The SMILES string of the molecule is CCC(CC(N)=S)N1CCCN(CCO)CC1. The van der Waals surface area contributed by atoms with E-state index in [2.05, 4.69) is 16.7 Å². The van der Waals surface area contributed by atoms with E-state index in [1.165, 1.54) is 0 Å². The molecular formula is C12H25N3OS. The Hall–Kier alpha value is -0.230. The highest BCUT2D eigenvalue weighted by Crippen LogP contribution is 2.12. The molecule has 1 saturated heterocycles. The van der Waals surface area contributed by atoms with Crippen LogP contribution in [-0.2, 0) is 0 Å². The maximum atomic E-state index is 8.96. The Bertz CT molecular complexity index is 238. The monoisotopic (exact) mass is 259 g/mol. The molecule has 0 bridgehead atoms. The Morgan fingerprint density at radius 2 is 2.12 bits per heavy atom. The summed E-state index contributed by atoms with van der Waals surface area (Å²) in [7, 11) is 0. The topological polar surface area (TPSA) is 52.7 Å². The third-order valence-corrected chi connectivity index (χ3v) is 3.63. The molecule has 0 aromatic rings. The van der Waals surface area contributed by atoms with Gasteiger partial charge in [0.15, 0.2) is 0 Å². The lowest BCUT2D eigenvalue weighted by atomic mass is 10.1. The van der Waals surface area contributed by atoms with Gasteiger partial charge >= 0.3 is 0 Å². The number of β-amino-alcohol motifs (C(OH)–C–C–N with tert-alkyl or cyclic N) is 1. The van der Waals surface area contributed by atoms with Crippen molar-refractivity contribution in [3.63, 3.8) is 0 Å². The number of rotatable bonds is 6. The van der Waals surface area contributed by atoms with Crippen molar-refractivity contribution in [3.05, 3.63) is 0 Å². The van der Waals surface area contributed by atoms with E-state index in [0.717, 1.165) is 52.0 Å². The first kappa shape index (κ1) is 14.8. The molecule has 1 heterocycles. The minimum absolute atomic E-state index is 0.254. The van der Waals surface area contributed by atoms with Gasteiger partial charge in [0, 0.05) is 32.1 Å². The number of aliphatic hydroxyl groups is 1. The van der Waals surface area contributed by atoms with Crippen molar-refractivity contribution < 1.29 is 5.11 Å². The van der Waals surface area contributed by atoms with Gasteiger partial charge in [-0.15, -0.1) is 0 Å². The van der Waals surface area contributed by atoms with E-state index in [4.69, 9.17) is 23.1 Å². The molecular weight excluding hydrogens is 234 g/mol. The van der Waals surface area contributed by atoms with Gasteiger partial charge in [-0.25, -0.2) is 0 Å². The summed E-state index contributed by atoms with van der Waals surface area (Å²) in [5.74, 6) is 0. The normalized spacial score (nSPS) is 21.1. The minimum atomic E-state index is 0.254. The molecule has 17 heavy (non-hydrogen) atoms. The Balaban J connectivity index is 2.45. The fourth-order valence-corrected chi connectivity index (χ4v) is 2.68. The molecule has 0 spiro atoms. The van der Waals surface area contributed by atoms with E-state index in [9.17, 15) is 0 Å². The molecule has 0 saturated carbocycles. The van der Waals surface area contributed by atoms with Gasteiger partial charge in [-0.1, -0.05) is 19.1 Å². The number of nitrogens with zero attached hydrogens (tertiary/aromatic N) is 2. The first-order valence-electron chi connectivity index (χ1n) is 6.53. The molecule has 0 aromatic heterocycles. The second-order valence-corrected chi connectivity index (χ2v) is 5.21. The molecule has 0 aliphatic carbocycles. The highest BCUT2D eigenvalue weighted by atomic mass is 32.1. The van der Waals surface area contributed by atoms with E-state index in [1.54, 1.807) is 0 Å². The second-order valence-electron chi connectivity index (χ2n) is 4.69. The summed E-state index contributed by atoms with van der Waals surface area (Å²) >= 11 is 5.01. The average molecular weight is 259 g/mol. The number of nitrogens with two attached hydrogens (primary N) is 1. The van der Waals surface area contributed by atoms with Gasteiger partial charge in [0.2, 0.25) is 0 Å². The minimum Gasteiger partial charge on any atom is -0.395 e. The molecule has 0 radical (unpaired) electrons. The third-order valence-electron chi connectivity index (χ3n) is 3.46. The van der Waals surface area contributed by atoms with E-state index >= 15 is 0 Å². The predicted molar refractivity (Wildman–Crippen MR) is 75.2 cm³/mol. The van der Waals surface area contributed by atoms with Gasteiger partial charge in [0.05, 0.1) is 11.6 Å². The van der Waals surface area contributed by atoms with Crippen LogP contribution in [0.1, 0.15) is 26.2 Å². The summed E-state index contributed by atoms with van der Waals surface area (Å²) in [6, 6.07) is 0.488. The zero-order chi connectivity index (χ0) is 12.7. The molecule has 5 heteroatoms. The molecule has 0 amide bonds. The first-order valence-corrected chi connectivity index (χ1v) is 6.93. The van der Waals surface area contributed by atoms with Crippen LogP contribution in [-0.4, -0.2) is 65.3 Å². The van der Waals surface area contributed by atoms with Gasteiger partial charge in [0.25, 0.3) is 0 Å². The van der Waals surface area contributed by atoms with Crippen molar-refractivity contribution in [2.45, 2.75) is 32.2 Å². The molecule has 4 nitrogen and oxygen atoms in total. The molecule has 1 rings (SSSR count). The standard InChI is InChI=1S/C12H25N3OS/c1-2-11(10-12(13)17)15-5-3-4-14(6-7-15)8-9-16/h11,16H,2-10H2,1H3,(H2,13,17). The molecule has 1 aliphatic heterocycles. The Morgan fingerprint density at radius 3 is 2.71 bits per heavy atom.